The smallest absolute Gasteiger partial charge is 0.128 e. The normalized spacial score (nSPS) is 17.9. The Morgan fingerprint density at radius 3 is 2.86 bits per heavy atom. The molecule has 0 unspecified atom stereocenters. The highest BCUT2D eigenvalue weighted by Gasteiger charge is 2.36. The highest BCUT2D eigenvalue weighted by atomic mass is 79.9. The summed E-state index contributed by atoms with van der Waals surface area (Å²) in [4.78, 5) is 4.35. The van der Waals surface area contributed by atoms with Crippen LogP contribution in [0.15, 0.2) is 16.7 Å². The monoisotopic (exact) mass is 254 g/mol. The summed E-state index contributed by atoms with van der Waals surface area (Å²) < 4.78 is 1.04. The maximum atomic E-state index is 4.35. The van der Waals surface area contributed by atoms with Gasteiger partial charge in [0.15, 0.2) is 0 Å². The highest BCUT2D eigenvalue weighted by molar-refractivity contribution is 9.10. The number of aromatic nitrogens is 1. The van der Waals surface area contributed by atoms with Gasteiger partial charge in [0.1, 0.15) is 5.82 Å². The average Bonchev–Trinajstić information content (AvgIpc) is 2.83. The van der Waals surface area contributed by atoms with E-state index in [9.17, 15) is 0 Å². The Balaban J connectivity index is 2.02. The number of aryl methyl sites for hydroxylation is 1. The van der Waals surface area contributed by atoms with E-state index in [2.05, 4.69) is 46.1 Å². The second-order valence-corrected chi connectivity index (χ2v) is 5.40. The summed E-state index contributed by atoms with van der Waals surface area (Å²) in [5, 5.41) is 3.41. The number of halogens is 1. The minimum absolute atomic E-state index is 0.529. The lowest BCUT2D eigenvalue weighted by Gasteiger charge is -2.12. The third-order valence-electron chi connectivity index (χ3n) is 2.83. The van der Waals surface area contributed by atoms with Crippen LogP contribution in [0, 0.1) is 12.3 Å². The molecule has 0 atom stereocenters. The van der Waals surface area contributed by atoms with Crippen molar-refractivity contribution in [3.8, 4) is 0 Å². The third-order valence-corrected chi connectivity index (χ3v) is 3.26. The lowest BCUT2D eigenvalue weighted by molar-refractivity contribution is 0.609. The molecule has 1 fully saturated rings. The van der Waals surface area contributed by atoms with Crippen molar-refractivity contribution in [2.24, 2.45) is 5.41 Å². The summed E-state index contributed by atoms with van der Waals surface area (Å²) in [5.41, 5.74) is 1.73. The minimum atomic E-state index is 0.529. The standard InChI is InChI=1S/C11H15BrN2/c1-8-5-9(12)6-13-10(8)14-7-11(2)3-4-11/h5-6H,3-4,7H2,1-2H3,(H,13,14). The maximum Gasteiger partial charge on any atom is 0.128 e. The summed E-state index contributed by atoms with van der Waals surface area (Å²) in [6.45, 7) is 5.44. The summed E-state index contributed by atoms with van der Waals surface area (Å²) in [6, 6.07) is 2.09. The van der Waals surface area contributed by atoms with Crippen molar-refractivity contribution in [1.29, 1.82) is 0 Å². The van der Waals surface area contributed by atoms with Gasteiger partial charge in [-0.05, 0) is 52.7 Å². The molecule has 0 aliphatic heterocycles. The molecular formula is C11H15BrN2. The second kappa shape index (κ2) is 3.54. The number of nitrogens with one attached hydrogen (secondary N) is 1. The predicted octanol–water partition coefficient (Wildman–Crippen LogP) is 3.36. The molecule has 0 aromatic carbocycles. The molecule has 1 aliphatic rings. The van der Waals surface area contributed by atoms with Gasteiger partial charge in [0.25, 0.3) is 0 Å². The topological polar surface area (TPSA) is 24.9 Å². The van der Waals surface area contributed by atoms with Gasteiger partial charge in [-0.3, -0.25) is 0 Å². The first kappa shape index (κ1) is 9.97. The van der Waals surface area contributed by atoms with Gasteiger partial charge in [0.2, 0.25) is 0 Å². The van der Waals surface area contributed by atoms with E-state index in [1.54, 1.807) is 0 Å². The molecule has 76 valence electrons. The third kappa shape index (κ3) is 2.27. The SMILES string of the molecule is Cc1cc(Br)cnc1NCC1(C)CC1. The van der Waals surface area contributed by atoms with Crippen molar-refractivity contribution in [3.05, 3.63) is 22.3 Å². The number of rotatable bonds is 3. The zero-order valence-corrected chi connectivity index (χ0v) is 10.2. The van der Waals surface area contributed by atoms with Gasteiger partial charge in [-0.25, -0.2) is 4.98 Å². The van der Waals surface area contributed by atoms with Crippen LogP contribution in [-0.4, -0.2) is 11.5 Å². The van der Waals surface area contributed by atoms with Crippen molar-refractivity contribution in [2.75, 3.05) is 11.9 Å². The summed E-state index contributed by atoms with van der Waals surface area (Å²) in [6.07, 6.45) is 4.52. The highest BCUT2D eigenvalue weighted by Crippen LogP contribution is 2.44. The lowest BCUT2D eigenvalue weighted by atomic mass is 10.1. The first-order chi connectivity index (χ1) is 6.59. The minimum Gasteiger partial charge on any atom is -0.369 e. The van der Waals surface area contributed by atoms with Crippen LogP contribution in [0.3, 0.4) is 0 Å². The molecule has 14 heavy (non-hydrogen) atoms. The zero-order valence-electron chi connectivity index (χ0n) is 8.60. The number of pyridine rings is 1. The maximum absolute atomic E-state index is 4.35. The van der Waals surface area contributed by atoms with Gasteiger partial charge in [0, 0.05) is 17.2 Å². The molecule has 0 amide bonds. The number of anilines is 1. The average molecular weight is 255 g/mol. The summed E-state index contributed by atoms with van der Waals surface area (Å²) >= 11 is 3.41. The first-order valence-electron chi connectivity index (χ1n) is 4.95. The molecule has 3 heteroatoms. The zero-order chi connectivity index (χ0) is 10.2. The van der Waals surface area contributed by atoms with Crippen molar-refractivity contribution < 1.29 is 0 Å². The summed E-state index contributed by atoms with van der Waals surface area (Å²) in [7, 11) is 0. The Morgan fingerprint density at radius 1 is 1.57 bits per heavy atom. The lowest BCUT2D eigenvalue weighted by Crippen LogP contribution is -2.13. The van der Waals surface area contributed by atoms with E-state index in [0.29, 0.717) is 5.41 Å². The van der Waals surface area contributed by atoms with Crippen LogP contribution in [0.2, 0.25) is 0 Å². The molecule has 0 radical (unpaired) electrons. The summed E-state index contributed by atoms with van der Waals surface area (Å²) in [5.74, 6) is 1.02. The van der Waals surface area contributed by atoms with Crippen molar-refractivity contribution in [2.45, 2.75) is 26.7 Å². The van der Waals surface area contributed by atoms with Crippen molar-refractivity contribution in [1.82, 2.24) is 4.98 Å². The number of hydrogen-bond donors (Lipinski definition) is 1. The van der Waals surface area contributed by atoms with Crippen LogP contribution in [0.25, 0.3) is 0 Å². The molecule has 0 spiro atoms. The Hall–Kier alpha value is -0.570. The molecule has 2 nitrogen and oxygen atoms in total. The largest absolute Gasteiger partial charge is 0.369 e. The quantitative estimate of drug-likeness (QED) is 0.895. The van der Waals surface area contributed by atoms with E-state index < -0.39 is 0 Å². The van der Waals surface area contributed by atoms with Crippen LogP contribution in [0.5, 0.6) is 0 Å². The number of nitrogens with zero attached hydrogens (tertiary/aromatic N) is 1. The first-order valence-corrected chi connectivity index (χ1v) is 5.74. The molecule has 1 N–H and O–H groups in total. The van der Waals surface area contributed by atoms with E-state index in [0.717, 1.165) is 16.8 Å². The van der Waals surface area contributed by atoms with Crippen LogP contribution in [0.4, 0.5) is 5.82 Å². The Morgan fingerprint density at radius 2 is 2.29 bits per heavy atom. The van der Waals surface area contributed by atoms with Gasteiger partial charge in [-0.2, -0.15) is 0 Å². The molecule has 1 heterocycles. The molecule has 1 saturated carbocycles. The van der Waals surface area contributed by atoms with E-state index in [-0.39, 0.29) is 0 Å². The van der Waals surface area contributed by atoms with Crippen LogP contribution in [-0.2, 0) is 0 Å². The van der Waals surface area contributed by atoms with E-state index in [4.69, 9.17) is 0 Å². The molecule has 0 bridgehead atoms. The van der Waals surface area contributed by atoms with Crippen molar-refractivity contribution >= 4 is 21.7 Å². The van der Waals surface area contributed by atoms with Crippen LogP contribution >= 0.6 is 15.9 Å². The molecule has 0 saturated heterocycles. The second-order valence-electron chi connectivity index (χ2n) is 4.48. The Bertz CT molecular complexity index is 345. The van der Waals surface area contributed by atoms with Crippen LogP contribution in [0.1, 0.15) is 25.3 Å². The van der Waals surface area contributed by atoms with Crippen molar-refractivity contribution in [3.63, 3.8) is 0 Å². The van der Waals surface area contributed by atoms with Gasteiger partial charge in [-0.15, -0.1) is 0 Å². The van der Waals surface area contributed by atoms with Gasteiger partial charge in [-0.1, -0.05) is 6.92 Å². The van der Waals surface area contributed by atoms with Gasteiger partial charge >= 0.3 is 0 Å². The van der Waals surface area contributed by atoms with Gasteiger partial charge in [0.05, 0.1) is 0 Å². The fourth-order valence-corrected chi connectivity index (χ4v) is 1.86. The van der Waals surface area contributed by atoms with E-state index in [1.165, 1.54) is 18.4 Å². The molecule has 1 aliphatic carbocycles. The van der Waals surface area contributed by atoms with E-state index >= 15 is 0 Å². The molecular weight excluding hydrogens is 240 g/mol. The Kier molecular flexibility index (Phi) is 2.52. The van der Waals surface area contributed by atoms with E-state index in [1.807, 2.05) is 6.20 Å². The molecule has 1 aromatic heterocycles. The molecule has 2 rings (SSSR count). The fraction of sp³-hybridized carbons (Fsp3) is 0.545. The number of hydrogen-bond acceptors (Lipinski definition) is 2. The molecule has 1 aromatic rings. The Labute approximate surface area is 93.3 Å². The fourth-order valence-electron chi connectivity index (χ4n) is 1.41. The van der Waals surface area contributed by atoms with Gasteiger partial charge < -0.3 is 5.32 Å². The predicted molar refractivity (Wildman–Crippen MR) is 62.5 cm³/mol. The van der Waals surface area contributed by atoms with Crippen LogP contribution < -0.4 is 5.32 Å².